The molecule has 13 heavy (non-hydrogen) atoms. The van der Waals surface area contributed by atoms with Crippen LogP contribution in [-0.4, -0.2) is 55.7 Å². The van der Waals surface area contributed by atoms with Gasteiger partial charge in [-0.25, -0.2) is 4.39 Å². The minimum atomic E-state index is -0.556. The minimum absolute atomic E-state index is 0.556. The molecule has 3 heteroatoms. The molecule has 2 nitrogen and oxygen atoms in total. The average Bonchev–Trinajstić information content (AvgIpc) is 2.62. The Labute approximate surface area is 79.7 Å². The van der Waals surface area contributed by atoms with Gasteiger partial charge in [0.1, 0.15) is 6.17 Å². The van der Waals surface area contributed by atoms with Gasteiger partial charge in [0, 0.05) is 26.2 Å². The summed E-state index contributed by atoms with van der Waals surface area (Å²) in [5, 5.41) is 0. The van der Waals surface area contributed by atoms with Gasteiger partial charge in [0.15, 0.2) is 0 Å². The van der Waals surface area contributed by atoms with Crippen LogP contribution in [0.5, 0.6) is 0 Å². The van der Waals surface area contributed by atoms with Crippen molar-refractivity contribution in [3.05, 3.63) is 0 Å². The highest BCUT2D eigenvalue weighted by molar-refractivity contribution is 4.81. The summed E-state index contributed by atoms with van der Waals surface area (Å²) in [6, 6.07) is 0. The smallest absolute Gasteiger partial charge is 0.114 e. The van der Waals surface area contributed by atoms with E-state index in [4.69, 9.17) is 0 Å². The number of hydrogen-bond acceptors (Lipinski definition) is 2. The average molecular weight is 186 g/mol. The van der Waals surface area contributed by atoms with E-state index in [-0.39, 0.29) is 0 Å². The van der Waals surface area contributed by atoms with Crippen molar-refractivity contribution in [3.63, 3.8) is 0 Å². The topological polar surface area (TPSA) is 6.48 Å². The van der Waals surface area contributed by atoms with E-state index in [1.165, 1.54) is 19.5 Å². The third-order valence-corrected chi connectivity index (χ3v) is 3.22. The van der Waals surface area contributed by atoms with E-state index in [0.29, 0.717) is 6.54 Å². The summed E-state index contributed by atoms with van der Waals surface area (Å²) < 4.78 is 12.9. The maximum atomic E-state index is 12.9. The molecular weight excluding hydrogens is 167 g/mol. The summed E-state index contributed by atoms with van der Waals surface area (Å²) in [7, 11) is 2.17. The van der Waals surface area contributed by atoms with Crippen molar-refractivity contribution in [2.45, 2.75) is 19.0 Å². The molecule has 2 aliphatic heterocycles. The predicted molar refractivity (Wildman–Crippen MR) is 51.6 cm³/mol. The molecule has 2 fully saturated rings. The van der Waals surface area contributed by atoms with E-state index in [1.807, 2.05) is 0 Å². The van der Waals surface area contributed by atoms with Crippen molar-refractivity contribution < 1.29 is 4.39 Å². The number of likely N-dealkylation sites (tertiary alicyclic amines) is 2. The highest BCUT2D eigenvalue weighted by Crippen LogP contribution is 2.19. The van der Waals surface area contributed by atoms with Crippen molar-refractivity contribution in [2.75, 3.05) is 39.8 Å². The molecule has 2 atom stereocenters. The molecule has 0 aromatic carbocycles. The minimum Gasteiger partial charge on any atom is -0.306 e. The van der Waals surface area contributed by atoms with Gasteiger partial charge >= 0.3 is 0 Å². The van der Waals surface area contributed by atoms with Gasteiger partial charge in [-0.05, 0) is 32.4 Å². The van der Waals surface area contributed by atoms with E-state index in [2.05, 4.69) is 16.8 Å². The lowest BCUT2D eigenvalue weighted by molar-refractivity contribution is 0.250. The van der Waals surface area contributed by atoms with Crippen molar-refractivity contribution >= 4 is 0 Å². The third kappa shape index (κ3) is 2.41. The molecule has 0 aromatic heterocycles. The fraction of sp³-hybridized carbons (Fsp3) is 1.00. The number of rotatable bonds is 2. The Morgan fingerprint density at radius 3 is 2.62 bits per heavy atom. The molecule has 2 saturated heterocycles. The Bertz CT molecular complexity index is 156. The lowest BCUT2D eigenvalue weighted by Gasteiger charge is -2.19. The fourth-order valence-corrected chi connectivity index (χ4v) is 2.49. The normalized spacial score (nSPS) is 37.4. The second-order valence-electron chi connectivity index (χ2n) is 4.56. The largest absolute Gasteiger partial charge is 0.306 e. The lowest BCUT2D eigenvalue weighted by Crippen LogP contribution is -2.29. The van der Waals surface area contributed by atoms with Crippen molar-refractivity contribution in [2.24, 2.45) is 5.92 Å². The van der Waals surface area contributed by atoms with Crippen LogP contribution in [0.15, 0.2) is 0 Å². The van der Waals surface area contributed by atoms with E-state index in [9.17, 15) is 4.39 Å². The standard InChI is InChI=1S/C10H19FN2/c1-12-4-2-9(6-12)7-13-5-3-10(11)8-13/h9-10H,2-8H2,1H3. The quantitative estimate of drug-likeness (QED) is 0.634. The number of halogens is 1. The summed E-state index contributed by atoms with van der Waals surface area (Å²) in [5.41, 5.74) is 0. The molecule has 76 valence electrons. The molecule has 2 rings (SSSR count). The first-order chi connectivity index (χ1) is 6.24. The van der Waals surface area contributed by atoms with Gasteiger partial charge in [0.2, 0.25) is 0 Å². The van der Waals surface area contributed by atoms with Crippen LogP contribution in [0.25, 0.3) is 0 Å². The zero-order valence-corrected chi connectivity index (χ0v) is 8.38. The first-order valence-corrected chi connectivity index (χ1v) is 5.29. The summed E-state index contributed by atoms with van der Waals surface area (Å²) in [5.74, 6) is 0.787. The fourth-order valence-electron chi connectivity index (χ4n) is 2.49. The van der Waals surface area contributed by atoms with Crippen LogP contribution in [0.2, 0.25) is 0 Å². The van der Waals surface area contributed by atoms with Gasteiger partial charge < -0.3 is 9.80 Å². The van der Waals surface area contributed by atoms with Crippen molar-refractivity contribution in [1.82, 2.24) is 9.80 Å². The number of alkyl halides is 1. The molecule has 0 amide bonds. The Kier molecular flexibility index (Phi) is 2.84. The highest BCUT2D eigenvalue weighted by Gasteiger charge is 2.26. The van der Waals surface area contributed by atoms with Crippen LogP contribution in [-0.2, 0) is 0 Å². The monoisotopic (exact) mass is 186 g/mol. The van der Waals surface area contributed by atoms with Crippen molar-refractivity contribution in [3.8, 4) is 0 Å². The Morgan fingerprint density at radius 1 is 1.23 bits per heavy atom. The second kappa shape index (κ2) is 3.93. The molecule has 0 N–H and O–H groups in total. The summed E-state index contributed by atoms with van der Waals surface area (Å²) in [4.78, 5) is 4.65. The van der Waals surface area contributed by atoms with E-state index in [0.717, 1.165) is 25.4 Å². The Morgan fingerprint density at radius 2 is 2.08 bits per heavy atom. The number of nitrogens with zero attached hydrogens (tertiary/aromatic N) is 2. The van der Waals surface area contributed by atoms with Crippen molar-refractivity contribution in [1.29, 1.82) is 0 Å². The van der Waals surface area contributed by atoms with E-state index >= 15 is 0 Å². The molecule has 2 unspecified atom stereocenters. The van der Waals surface area contributed by atoms with Gasteiger partial charge in [-0.1, -0.05) is 0 Å². The van der Waals surface area contributed by atoms with Crippen LogP contribution >= 0.6 is 0 Å². The lowest BCUT2D eigenvalue weighted by atomic mass is 10.1. The highest BCUT2D eigenvalue weighted by atomic mass is 19.1. The molecule has 2 aliphatic rings. The first-order valence-electron chi connectivity index (χ1n) is 5.29. The molecule has 0 saturated carbocycles. The molecule has 0 bridgehead atoms. The Hall–Kier alpha value is -0.150. The van der Waals surface area contributed by atoms with Crippen LogP contribution < -0.4 is 0 Å². The number of hydrogen-bond donors (Lipinski definition) is 0. The van der Waals surface area contributed by atoms with Crippen LogP contribution in [0, 0.1) is 5.92 Å². The Balaban J connectivity index is 1.72. The van der Waals surface area contributed by atoms with E-state index in [1.54, 1.807) is 0 Å². The molecule has 0 aliphatic carbocycles. The maximum absolute atomic E-state index is 12.9. The summed E-state index contributed by atoms with van der Waals surface area (Å²) in [6.45, 7) is 5.19. The van der Waals surface area contributed by atoms with Crippen LogP contribution in [0.3, 0.4) is 0 Å². The van der Waals surface area contributed by atoms with Gasteiger partial charge in [-0.2, -0.15) is 0 Å². The summed E-state index contributed by atoms with van der Waals surface area (Å²) >= 11 is 0. The molecule has 0 spiro atoms. The maximum Gasteiger partial charge on any atom is 0.114 e. The predicted octanol–water partition coefficient (Wildman–Crippen LogP) is 0.982. The molecule has 0 aromatic rings. The molecule has 0 radical (unpaired) electrons. The summed E-state index contributed by atoms with van der Waals surface area (Å²) in [6.07, 6.45) is 1.49. The van der Waals surface area contributed by atoms with Gasteiger partial charge in [0.25, 0.3) is 0 Å². The van der Waals surface area contributed by atoms with Gasteiger partial charge in [-0.15, -0.1) is 0 Å². The zero-order valence-electron chi connectivity index (χ0n) is 8.38. The zero-order chi connectivity index (χ0) is 9.26. The third-order valence-electron chi connectivity index (χ3n) is 3.22. The van der Waals surface area contributed by atoms with Crippen LogP contribution in [0.1, 0.15) is 12.8 Å². The molecular formula is C10H19FN2. The van der Waals surface area contributed by atoms with E-state index < -0.39 is 6.17 Å². The van der Waals surface area contributed by atoms with Crippen LogP contribution in [0.4, 0.5) is 4.39 Å². The second-order valence-corrected chi connectivity index (χ2v) is 4.56. The first kappa shape index (κ1) is 9.41. The van der Waals surface area contributed by atoms with Gasteiger partial charge in [0.05, 0.1) is 0 Å². The van der Waals surface area contributed by atoms with Gasteiger partial charge in [-0.3, -0.25) is 0 Å². The SMILES string of the molecule is CN1CCC(CN2CCC(F)C2)C1. The molecule has 2 heterocycles.